The summed E-state index contributed by atoms with van der Waals surface area (Å²) in [7, 11) is 1.44. The molecule has 0 saturated carbocycles. The first-order valence-electron chi connectivity index (χ1n) is 6.21. The van der Waals surface area contributed by atoms with Gasteiger partial charge in [0.25, 0.3) is 0 Å². The quantitative estimate of drug-likeness (QED) is 0.678. The van der Waals surface area contributed by atoms with Gasteiger partial charge in [0.2, 0.25) is 0 Å². The molecule has 0 unspecified atom stereocenters. The van der Waals surface area contributed by atoms with Gasteiger partial charge in [-0.15, -0.1) is 0 Å². The van der Waals surface area contributed by atoms with Crippen LogP contribution in [0.25, 0.3) is 0 Å². The highest BCUT2D eigenvalue weighted by Crippen LogP contribution is 2.25. The van der Waals surface area contributed by atoms with Gasteiger partial charge in [-0.25, -0.2) is 0 Å². The van der Waals surface area contributed by atoms with E-state index >= 15 is 0 Å². The fourth-order valence-corrected chi connectivity index (χ4v) is 2.12. The number of halogens is 1. The topological polar surface area (TPSA) is 63.6 Å². The lowest BCUT2D eigenvalue weighted by Crippen LogP contribution is -2.10. The van der Waals surface area contributed by atoms with Crippen molar-refractivity contribution in [1.82, 2.24) is 0 Å². The van der Waals surface area contributed by atoms with Crippen LogP contribution in [0.4, 0.5) is 0 Å². The molecule has 0 heterocycles. The molecule has 0 aromatic heterocycles. The number of ether oxygens (including phenoxy) is 1. The molecule has 0 spiro atoms. The molecule has 0 amide bonds. The molecule has 0 fully saturated rings. The Labute approximate surface area is 126 Å². The normalized spacial score (nSPS) is 10.2. The second-order valence-electron chi connectivity index (χ2n) is 4.38. The van der Waals surface area contributed by atoms with Crippen LogP contribution < -0.4 is 4.74 Å². The number of Topliss-reactive ketones (excluding diaryl/α,β-unsaturated/α-hetero) is 2. The van der Waals surface area contributed by atoms with Crippen LogP contribution in [0.1, 0.15) is 27.1 Å². The zero-order valence-corrected chi connectivity index (χ0v) is 12.1. The number of carbonyl (C=O) groups excluding carboxylic acids is 2. The number of aromatic hydroxyl groups is 1. The van der Waals surface area contributed by atoms with E-state index in [-0.39, 0.29) is 23.3 Å². The number of rotatable bonds is 5. The van der Waals surface area contributed by atoms with E-state index in [9.17, 15) is 14.7 Å². The molecule has 2 aromatic carbocycles. The summed E-state index contributed by atoms with van der Waals surface area (Å²) in [6, 6.07) is 10.7. The van der Waals surface area contributed by atoms with E-state index < -0.39 is 11.6 Å². The van der Waals surface area contributed by atoms with Crippen molar-refractivity contribution in [3.63, 3.8) is 0 Å². The predicted molar refractivity (Wildman–Crippen MR) is 79.4 cm³/mol. The number of para-hydroxylation sites is 1. The van der Waals surface area contributed by atoms with Crippen molar-refractivity contribution < 1.29 is 19.4 Å². The van der Waals surface area contributed by atoms with Crippen molar-refractivity contribution in [3.8, 4) is 11.5 Å². The summed E-state index contributed by atoms with van der Waals surface area (Å²) in [5, 5.41) is 10.0. The van der Waals surface area contributed by atoms with Crippen molar-refractivity contribution in [2.45, 2.75) is 6.42 Å². The van der Waals surface area contributed by atoms with Gasteiger partial charge in [0.15, 0.2) is 11.6 Å². The number of hydrogen-bond acceptors (Lipinski definition) is 4. The highest BCUT2D eigenvalue weighted by atomic mass is 35.5. The van der Waals surface area contributed by atoms with Crippen LogP contribution in [0, 0.1) is 0 Å². The molecule has 0 aliphatic rings. The Morgan fingerprint density at radius 3 is 2.43 bits per heavy atom. The van der Waals surface area contributed by atoms with Gasteiger partial charge in [-0.1, -0.05) is 23.7 Å². The largest absolute Gasteiger partial charge is 0.507 e. The van der Waals surface area contributed by atoms with Gasteiger partial charge in [-0.3, -0.25) is 9.59 Å². The summed E-state index contributed by atoms with van der Waals surface area (Å²) in [6.07, 6.45) is -0.367. The molecule has 0 radical (unpaired) electrons. The van der Waals surface area contributed by atoms with E-state index in [1.807, 2.05) is 0 Å². The maximum Gasteiger partial charge on any atom is 0.174 e. The number of benzene rings is 2. The monoisotopic (exact) mass is 304 g/mol. The molecule has 21 heavy (non-hydrogen) atoms. The molecule has 2 rings (SSSR count). The third-order valence-electron chi connectivity index (χ3n) is 2.99. The third-order valence-corrected chi connectivity index (χ3v) is 3.22. The van der Waals surface area contributed by atoms with E-state index in [1.165, 1.54) is 25.3 Å². The molecular weight excluding hydrogens is 292 g/mol. The van der Waals surface area contributed by atoms with Crippen LogP contribution >= 0.6 is 11.6 Å². The van der Waals surface area contributed by atoms with Gasteiger partial charge in [-0.2, -0.15) is 0 Å². The molecule has 4 nitrogen and oxygen atoms in total. The van der Waals surface area contributed by atoms with E-state index in [0.29, 0.717) is 10.8 Å². The molecule has 2 aromatic rings. The zero-order chi connectivity index (χ0) is 15.4. The standard InChI is InChI=1S/C16H13ClO4/c1-21-16-7-6-10(17)8-12(16)15(20)9-14(19)11-4-2-3-5-13(11)18/h2-8,18H,9H2,1H3. The van der Waals surface area contributed by atoms with Crippen molar-refractivity contribution in [3.05, 3.63) is 58.6 Å². The fraction of sp³-hybridized carbons (Fsp3) is 0.125. The van der Waals surface area contributed by atoms with E-state index in [2.05, 4.69) is 0 Å². The average molecular weight is 305 g/mol. The van der Waals surface area contributed by atoms with Crippen LogP contribution in [0.5, 0.6) is 11.5 Å². The lowest BCUT2D eigenvalue weighted by atomic mass is 10.0. The first kappa shape index (κ1) is 15.1. The number of phenols is 1. The van der Waals surface area contributed by atoms with Gasteiger partial charge < -0.3 is 9.84 Å². The number of phenolic OH excluding ortho intramolecular Hbond substituents is 1. The summed E-state index contributed by atoms with van der Waals surface area (Å²) in [5.74, 6) is -0.662. The third kappa shape index (κ3) is 3.41. The molecule has 108 valence electrons. The molecule has 5 heteroatoms. The Balaban J connectivity index is 2.24. The van der Waals surface area contributed by atoms with Gasteiger partial charge in [0, 0.05) is 5.02 Å². The number of hydrogen-bond donors (Lipinski definition) is 1. The second-order valence-corrected chi connectivity index (χ2v) is 4.82. The van der Waals surface area contributed by atoms with Crippen molar-refractivity contribution in [2.75, 3.05) is 7.11 Å². The molecular formula is C16H13ClO4. The summed E-state index contributed by atoms with van der Waals surface area (Å²) >= 11 is 5.86. The molecule has 0 aliphatic carbocycles. The lowest BCUT2D eigenvalue weighted by Gasteiger charge is -2.08. The van der Waals surface area contributed by atoms with Gasteiger partial charge in [0.05, 0.1) is 24.7 Å². The van der Waals surface area contributed by atoms with Gasteiger partial charge >= 0.3 is 0 Å². The number of ketones is 2. The predicted octanol–water partition coefficient (Wildman–Crippen LogP) is 3.51. The van der Waals surface area contributed by atoms with Crippen molar-refractivity contribution in [1.29, 1.82) is 0 Å². The summed E-state index contributed by atoms with van der Waals surface area (Å²) in [4.78, 5) is 24.3. The molecule has 0 atom stereocenters. The molecule has 0 saturated heterocycles. The minimum Gasteiger partial charge on any atom is -0.507 e. The van der Waals surface area contributed by atoms with E-state index in [1.54, 1.807) is 24.3 Å². The SMILES string of the molecule is COc1ccc(Cl)cc1C(=O)CC(=O)c1ccccc1O. The van der Waals surface area contributed by atoms with E-state index in [0.717, 1.165) is 0 Å². The zero-order valence-electron chi connectivity index (χ0n) is 11.3. The minimum absolute atomic E-state index is 0.117. The summed E-state index contributed by atoms with van der Waals surface area (Å²) in [5.41, 5.74) is 0.362. The fourth-order valence-electron chi connectivity index (χ4n) is 1.94. The Kier molecular flexibility index (Phi) is 4.60. The highest BCUT2D eigenvalue weighted by Gasteiger charge is 2.19. The Hall–Kier alpha value is -2.33. The Morgan fingerprint density at radius 1 is 1.10 bits per heavy atom. The summed E-state index contributed by atoms with van der Waals surface area (Å²) in [6.45, 7) is 0. The summed E-state index contributed by atoms with van der Waals surface area (Å²) < 4.78 is 5.09. The Bertz CT molecular complexity index is 694. The lowest BCUT2D eigenvalue weighted by molar-refractivity contribution is 0.0891. The molecule has 0 bridgehead atoms. The van der Waals surface area contributed by atoms with Crippen molar-refractivity contribution >= 4 is 23.2 Å². The maximum atomic E-state index is 12.2. The van der Waals surface area contributed by atoms with Crippen LogP contribution in [-0.2, 0) is 0 Å². The molecule has 1 N–H and O–H groups in total. The smallest absolute Gasteiger partial charge is 0.174 e. The number of methoxy groups -OCH3 is 1. The van der Waals surface area contributed by atoms with Crippen LogP contribution in [0.15, 0.2) is 42.5 Å². The van der Waals surface area contributed by atoms with E-state index in [4.69, 9.17) is 16.3 Å². The van der Waals surface area contributed by atoms with Crippen molar-refractivity contribution in [2.24, 2.45) is 0 Å². The minimum atomic E-state index is -0.458. The maximum absolute atomic E-state index is 12.2. The number of carbonyl (C=O) groups is 2. The van der Waals surface area contributed by atoms with Crippen LogP contribution in [-0.4, -0.2) is 23.8 Å². The van der Waals surface area contributed by atoms with Crippen LogP contribution in [0.3, 0.4) is 0 Å². The van der Waals surface area contributed by atoms with Gasteiger partial charge in [-0.05, 0) is 30.3 Å². The molecule has 0 aliphatic heterocycles. The first-order chi connectivity index (χ1) is 10.0. The Morgan fingerprint density at radius 2 is 1.76 bits per heavy atom. The average Bonchev–Trinajstić information content (AvgIpc) is 2.47. The van der Waals surface area contributed by atoms with Crippen LogP contribution in [0.2, 0.25) is 5.02 Å². The van der Waals surface area contributed by atoms with Gasteiger partial charge in [0.1, 0.15) is 11.5 Å². The second kappa shape index (κ2) is 6.41. The highest BCUT2D eigenvalue weighted by molar-refractivity contribution is 6.31. The first-order valence-corrected chi connectivity index (χ1v) is 6.58.